The summed E-state index contributed by atoms with van der Waals surface area (Å²) in [5.41, 5.74) is 1.73. The average molecular weight is 465 g/mol. The first-order valence-corrected chi connectivity index (χ1v) is 11.1. The van der Waals surface area contributed by atoms with Crippen LogP contribution in [-0.4, -0.2) is 26.4 Å². The summed E-state index contributed by atoms with van der Waals surface area (Å²) in [4.78, 5) is 12.3. The van der Waals surface area contributed by atoms with E-state index in [1.54, 1.807) is 18.2 Å². The largest absolute Gasteiger partial charge is 0.483 e. The van der Waals surface area contributed by atoms with E-state index >= 15 is 0 Å². The van der Waals surface area contributed by atoms with Gasteiger partial charge in [0.25, 0.3) is 0 Å². The predicted molar refractivity (Wildman–Crippen MR) is 122 cm³/mol. The quantitative estimate of drug-likeness (QED) is 0.442. The molecule has 0 saturated carbocycles. The maximum Gasteiger partial charge on any atom is 0.234 e. The zero-order valence-corrected chi connectivity index (χ0v) is 19.2. The lowest BCUT2D eigenvalue weighted by Gasteiger charge is -2.14. The first kappa shape index (κ1) is 22.5. The van der Waals surface area contributed by atoms with Crippen molar-refractivity contribution in [1.29, 1.82) is 0 Å². The molecule has 1 amide bonds. The van der Waals surface area contributed by atoms with Gasteiger partial charge in [0.1, 0.15) is 5.75 Å². The highest BCUT2D eigenvalue weighted by Crippen LogP contribution is 2.27. The first-order valence-electron chi connectivity index (χ1n) is 9.40. The molecular weight excluding hydrogens is 443 g/mol. The number of anilines is 1. The Bertz CT molecular complexity index is 1020. The smallest absolute Gasteiger partial charge is 0.234 e. The Hall–Kier alpha value is -2.22. The van der Waals surface area contributed by atoms with Gasteiger partial charge in [-0.1, -0.05) is 54.0 Å². The second-order valence-electron chi connectivity index (χ2n) is 6.62. The average Bonchev–Trinajstić information content (AvgIpc) is 3.10. The lowest BCUT2D eigenvalue weighted by atomic mass is 10.2. The molecule has 0 aliphatic rings. The fourth-order valence-corrected chi connectivity index (χ4v) is 3.83. The summed E-state index contributed by atoms with van der Waals surface area (Å²) in [5, 5.41) is 12.7. The standard InChI is InChI=1S/C21H22Cl2N4O2S/c1-4-14-5-8-16(9-6-14)29-13(2)20-25-26-21(27(20)3)30-12-19(28)24-18-11-15(22)7-10-17(18)23/h5-11,13H,4,12H2,1-3H3,(H,24,28)/t13-/m1/s1. The Labute approximate surface area is 189 Å². The molecule has 0 fully saturated rings. The molecule has 6 nitrogen and oxygen atoms in total. The van der Waals surface area contributed by atoms with Crippen LogP contribution in [0.15, 0.2) is 47.6 Å². The zero-order valence-electron chi connectivity index (χ0n) is 16.9. The Morgan fingerprint density at radius 3 is 2.63 bits per heavy atom. The number of ether oxygens (including phenoxy) is 1. The molecule has 3 aromatic rings. The highest BCUT2D eigenvalue weighted by molar-refractivity contribution is 7.99. The number of benzene rings is 2. The van der Waals surface area contributed by atoms with Crippen LogP contribution in [0.5, 0.6) is 5.75 Å². The van der Waals surface area contributed by atoms with E-state index < -0.39 is 0 Å². The van der Waals surface area contributed by atoms with Crippen molar-refractivity contribution in [3.8, 4) is 5.75 Å². The lowest BCUT2D eigenvalue weighted by molar-refractivity contribution is -0.113. The van der Waals surface area contributed by atoms with Gasteiger partial charge in [0.2, 0.25) is 5.91 Å². The minimum absolute atomic E-state index is 0.155. The van der Waals surface area contributed by atoms with E-state index in [0.717, 1.165) is 12.2 Å². The molecule has 0 aliphatic heterocycles. The molecule has 1 aromatic heterocycles. The SMILES string of the molecule is CCc1ccc(O[C@H](C)c2nnc(SCC(=O)Nc3cc(Cl)ccc3Cl)n2C)cc1. The summed E-state index contributed by atoms with van der Waals surface area (Å²) < 4.78 is 7.81. The van der Waals surface area contributed by atoms with Crippen LogP contribution in [0.1, 0.15) is 31.3 Å². The minimum atomic E-state index is -0.288. The topological polar surface area (TPSA) is 69.0 Å². The third-order valence-electron chi connectivity index (χ3n) is 4.41. The predicted octanol–water partition coefficient (Wildman–Crippen LogP) is 5.56. The van der Waals surface area contributed by atoms with E-state index in [9.17, 15) is 4.79 Å². The Kier molecular flexibility index (Phi) is 7.64. The molecule has 0 bridgehead atoms. The summed E-state index contributed by atoms with van der Waals surface area (Å²) in [5.74, 6) is 1.39. The van der Waals surface area contributed by atoms with E-state index in [4.69, 9.17) is 27.9 Å². The first-order chi connectivity index (χ1) is 14.4. The van der Waals surface area contributed by atoms with Gasteiger partial charge in [0, 0.05) is 12.1 Å². The molecule has 1 N–H and O–H groups in total. The molecular formula is C21H22Cl2N4O2S. The summed E-state index contributed by atoms with van der Waals surface area (Å²) >= 11 is 13.3. The second kappa shape index (κ2) is 10.2. The van der Waals surface area contributed by atoms with Crippen LogP contribution in [0.2, 0.25) is 10.0 Å². The second-order valence-corrected chi connectivity index (χ2v) is 8.40. The number of nitrogens with one attached hydrogen (secondary N) is 1. The Morgan fingerprint density at radius 1 is 1.20 bits per heavy atom. The Morgan fingerprint density at radius 2 is 1.93 bits per heavy atom. The van der Waals surface area contributed by atoms with Crippen molar-refractivity contribution in [2.45, 2.75) is 31.5 Å². The molecule has 3 rings (SSSR count). The van der Waals surface area contributed by atoms with Gasteiger partial charge >= 0.3 is 0 Å². The summed E-state index contributed by atoms with van der Waals surface area (Å²) in [6, 6.07) is 12.9. The van der Waals surface area contributed by atoms with Crippen LogP contribution < -0.4 is 10.1 Å². The van der Waals surface area contributed by atoms with E-state index in [1.807, 2.05) is 42.8 Å². The number of rotatable bonds is 8. The van der Waals surface area contributed by atoms with Gasteiger partial charge in [-0.25, -0.2) is 0 Å². The molecule has 30 heavy (non-hydrogen) atoms. The van der Waals surface area contributed by atoms with Crippen molar-refractivity contribution < 1.29 is 9.53 Å². The maximum atomic E-state index is 12.3. The maximum absolute atomic E-state index is 12.3. The van der Waals surface area contributed by atoms with Crippen LogP contribution in [0.25, 0.3) is 0 Å². The summed E-state index contributed by atoms with van der Waals surface area (Å²) in [6.45, 7) is 4.03. The number of thioether (sulfide) groups is 1. The monoisotopic (exact) mass is 464 g/mol. The molecule has 0 unspecified atom stereocenters. The van der Waals surface area contributed by atoms with Crippen LogP contribution in [0.4, 0.5) is 5.69 Å². The number of amides is 1. The van der Waals surface area contributed by atoms with Crippen molar-refractivity contribution in [2.24, 2.45) is 7.05 Å². The fraction of sp³-hybridized carbons (Fsp3) is 0.286. The summed E-state index contributed by atoms with van der Waals surface area (Å²) in [7, 11) is 1.85. The molecule has 158 valence electrons. The highest BCUT2D eigenvalue weighted by Gasteiger charge is 2.18. The van der Waals surface area contributed by atoms with Gasteiger partial charge < -0.3 is 14.6 Å². The van der Waals surface area contributed by atoms with Crippen LogP contribution in [0.3, 0.4) is 0 Å². The molecule has 1 atom stereocenters. The summed E-state index contributed by atoms with van der Waals surface area (Å²) in [6.07, 6.45) is 0.694. The number of carbonyl (C=O) groups excluding carboxylic acids is 1. The Balaban J connectivity index is 1.59. The van der Waals surface area contributed by atoms with Gasteiger partial charge in [-0.05, 0) is 49.2 Å². The van der Waals surface area contributed by atoms with Gasteiger partial charge in [-0.2, -0.15) is 0 Å². The normalized spacial score (nSPS) is 11.9. The number of halogens is 2. The van der Waals surface area contributed by atoms with E-state index in [1.165, 1.54) is 17.3 Å². The van der Waals surface area contributed by atoms with E-state index in [2.05, 4.69) is 22.4 Å². The van der Waals surface area contributed by atoms with E-state index in [-0.39, 0.29) is 17.8 Å². The van der Waals surface area contributed by atoms with Crippen molar-refractivity contribution in [3.63, 3.8) is 0 Å². The number of carbonyl (C=O) groups is 1. The molecule has 2 aromatic carbocycles. The van der Waals surface area contributed by atoms with Gasteiger partial charge in [-0.3, -0.25) is 4.79 Å². The molecule has 0 radical (unpaired) electrons. The van der Waals surface area contributed by atoms with Gasteiger partial charge in [0.05, 0.1) is 16.5 Å². The van der Waals surface area contributed by atoms with Crippen LogP contribution in [0, 0.1) is 0 Å². The third kappa shape index (κ3) is 5.68. The molecule has 1 heterocycles. The fourth-order valence-electron chi connectivity index (χ4n) is 2.78. The minimum Gasteiger partial charge on any atom is -0.483 e. The zero-order chi connectivity index (χ0) is 21.7. The lowest BCUT2D eigenvalue weighted by Crippen LogP contribution is -2.15. The van der Waals surface area contributed by atoms with Crippen molar-refractivity contribution in [2.75, 3.05) is 11.1 Å². The van der Waals surface area contributed by atoms with Crippen LogP contribution in [-0.2, 0) is 18.3 Å². The number of aromatic nitrogens is 3. The highest BCUT2D eigenvalue weighted by atomic mass is 35.5. The molecule has 0 saturated heterocycles. The number of hydrogen-bond donors (Lipinski definition) is 1. The molecule has 0 spiro atoms. The van der Waals surface area contributed by atoms with Crippen molar-refractivity contribution in [3.05, 3.63) is 63.9 Å². The van der Waals surface area contributed by atoms with Crippen LogP contribution >= 0.6 is 35.0 Å². The van der Waals surface area contributed by atoms with Gasteiger partial charge in [0.15, 0.2) is 17.1 Å². The number of aryl methyl sites for hydroxylation is 1. The number of nitrogens with zero attached hydrogens (tertiary/aromatic N) is 3. The molecule has 9 heteroatoms. The van der Waals surface area contributed by atoms with Crippen molar-refractivity contribution >= 4 is 46.6 Å². The third-order valence-corrected chi connectivity index (χ3v) is 6.00. The molecule has 0 aliphatic carbocycles. The van der Waals surface area contributed by atoms with Gasteiger partial charge in [-0.15, -0.1) is 10.2 Å². The van der Waals surface area contributed by atoms with E-state index in [0.29, 0.717) is 26.7 Å². The number of hydrogen-bond acceptors (Lipinski definition) is 5. The van der Waals surface area contributed by atoms with Crippen molar-refractivity contribution in [1.82, 2.24) is 14.8 Å².